The number of benzene rings is 2. The number of imide groups is 2. The Morgan fingerprint density at radius 1 is 1.13 bits per heavy atom. The van der Waals surface area contributed by atoms with Crippen LogP contribution in [0.25, 0.3) is 0 Å². The van der Waals surface area contributed by atoms with Crippen molar-refractivity contribution in [2.45, 2.75) is 38.2 Å². The van der Waals surface area contributed by atoms with E-state index >= 15 is 0 Å². The molecule has 0 saturated carbocycles. The topological polar surface area (TPSA) is 95.6 Å². The van der Waals surface area contributed by atoms with Crippen LogP contribution in [-0.2, 0) is 22.0 Å². The van der Waals surface area contributed by atoms with Crippen molar-refractivity contribution < 1.29 is 19.2 Å². The first-order valence-corrected chi connectivity index (χ1v) is 10.2. The number of carbonyl (C=O) groups is 4. The van der Waals surface area contributed by atoms with E-state index in [0.717, 1.165) is 21.6 Å². The minimum absolute atomic E-state index is 0.0898. The Hall–Kier alpha value is -3.19. The number of carbonyl (C=O) groups excluding carboxylic acids is 4. The van der Waals surface area contributed by atoms with Crippen LogP contribution in [0.2, 0.25) is 0 Å². The minimum Gasteiger partial charge on any atom is -0.380 e. The molecule has 7 nitrogen and oxygen atoms in total. The van der Waals surface area contributed by atoms with Gasteiger partial charge < -0.3 is 5.32 Å². The third kappa shape index (κ3) is 3.45. The Balaban J connectivity index is 1.59. The smallest absolute Gasteiger partial charge is 0.264 e. The molecule has 4 amide bonds. The van der Waals surface area contributed by atoms with Crippen LogP contribution in [0.1, 0.15) is 50.2 Å². The number of rotatable bonds is 5. The van der Waals surface area contributed by atoms with Crippen LogP contribution in [0, 0.1) is 6.92 Å². The summed E-state index contributed by atoms with van der Waals surface area (Å²) in [4.78, 5) is 50.6. The van der Waals surface area contributed by atoms with Crippen LogP contribution < -0.4 is 10.6 Å². The zero-order valence-electron chi connectivity index (χ0n) is 16.3. The first kappa shape index (κ1) is 20.1. The third-order valence-electron chi connectivity index (χ3n) is 5.50. The van der Waals surface area contributed by atoms with Crippen molar-refractivity contribution >= 4 is 40.9 Å². The lowest BCUT2D eigenvalue weighted by Gasteiger charge is -2.27. The van der Waals surface area contributed by atoms with E-state index in [2.05, 4.69) is 10.6 Å². The quantitative estimate of drug-likeness (QED) is 0.567. The van der Waals surface area contributed by atoms with E-state index in [9.17, 15) is 19.2 Å². The molecule has 0 spiro atoms. The van der Waals surface area contributed by atoms with Gasteiger partial charge in [-0.1, -0.05) is 24.3 Å². The molecule has 2 aliphatic heterocycles. The Bertz CT molecular complexity index is 1080. The van der Waals surface area contributed by atoms with Crippen LogP contribution in [0.15, 0.2) is 36.4 Å². The molecule has 2 aromatic rings. The summed E-state index contributed by atoms with van der Waals surface area (Å²) < 4.78 is 0. The van der Waals surface area contributed by atoms with Crippen LogP contribution >= 0.6 is 11.6 Å². The SMILES string of the molecule is Cc1cc(CCl)ccc1CNc1cccc2c1C(=O)N(C1CCC(=O)NC1=O)C2=O. The number of piperidine rings is 1. The van der Waals surface area contributed by atoms with Crippen LogP contribution in [0.4, 0.5) is 5.69 Å². The zero-order chi connectivity index (χ0) is 21.4. The monoisotopic (exact) mass is 425 g/mol. The average molecular weight is 426 g/mol. The molecule has 0 bridgehead atoms. The molecule has 8 heteroatoms. The van der Waals surface area contributed by atoms with Crippen LogP contribution in [0.3, 0.4) is 0 Å². The van der Waals surface area contributed by atoms with Gasteiger partial charge in [-0.25, -0.2) is 0 Å². The summed E-state index contributed by atoms with van der Waals surface area (Å²) in [5, 5.41) is 5.45. The van der Waals surface area contributed by atoms with Gasteiger partial charge in [-0.05, 0) is 42.2 Å². The van der Waals surface area contributed by atoms with Crippen molar-refractivity contribution in [1.29, 1.82) is 0 Å². The highest BCUT2D eigenvalue weighted by Crippen LogP contribution is 2.32. The molecule has 0 aliphatic carbocycles. The Labute approximate surface area is 178 Å². The zero-order valence-corrected chi connectivity index (χ0v) is 17.1. The average Bonchev–Trinajstić information content (AvgIpc) is 2.98. The fourth-order valence-corrected chi connectivity index (χ4v) is 4.06. The molecule has 2 aliphatic rings. The number of nitrogens with one attached hydrogen (secondary N) is 2. The lowest BCUT2D eigenvalue weighted by molar-refractivity contribution is -0.136. The maximum Gasteiger partial charge on any atom is 0.264 e. The summed E-state index contributed by atoms with van der Waals surface area (Å²) in [5.74, 6) is -1.62. The number of hydrogen-bond acceptors (Lipinski definition) is 5. The molecule has 0 aromatic heterocycles. The van der Waals surface area contributed by atoms with Crippen LogP contribution in [0.5, 0.6) is 0 Å². The molecular formula is C22H20ClN3O4. The molecule has 1 fully saturated rings. The van der Waals surface area contributed by atoms with Crippen molar-refractivity contribution in [2.24, 2.45) is 0 Å². The van der Waals surface area contributed by atoms with E-state index in [-0.39, 0.29) is 24.0 Å². The standard InChI is InChI=1S/C22H20ClN3O4/c1-12-9-13(10-23)5-6-14(12)11-24-16-4-2-3-15-19(16)22(30)26(21(15)29)17-7-8-18(27)25-20(17)28/h2-6,9,17,24H,7-8,10-11H2,1H3,(H,25,27,28). The fourth-order valence-electron chi connectivity index (χ4n) is 3.89. The molecule has 154 valence electrons. The van der Waals surface area contributed by atoms with Crippen molar-refractivity contribution in [3.8, 4) is 0 Å². The van der Waals surface area contributed by atoms with Crippen molar-refractivity contribution in [1.82, 2.24) is 10.2 Å². The second-order valence-corrected chi connectivity index (χ2v) is 7.69. The molecule has 2 N–H and O–H groups in total. The van der Waals surface area contributed by atoms with Gasteiger partial charge in [0.15, 0.2) is 0 Å². The van der Waals surface area contributed by atoms with Gasteiger partial charge >= 0.3 is 0 Å². The van der Waals surface area contributed by atoms with Gasteiger partial charge in [0.2, 0.25) is 11.8 Å². The summed E-state index contributed by atoms with van der Waals surface area (Å²) in [7, 11) is 0. The summed E-state index contributed by atoms with van der Waals surface area (Å²) in [6.07, 6.45) is 0.220. The fraction of sp³-hybridized carbons (Fsp3) is 0.273. The molecule has 1 atom stereocenters. The van der Waals surface area contributed by atoms with Gasteiger partial charge in [0, 0.05) is 24.5 Å². The normalized spacial score (nSPS) is 18.5. The Morgan fingerprint density at radius 3 is 2.63 bits per heavy atom. The molecule has 30 heavy (non-hydrogen) atoms. The number of aryl methyl sites for hydroxylation is 1. The number of halogens is 1. The van der Waals surface area contributed by atoms with E-state index in [1.165, 1.54) is 0 Å². The van der Waals surface area contributed by atoms with Gasteiger partial charge in [-0.2, -0.15) is 0 Å². The van der Waals surface area contributed by atoms with Crippen molar-refractivity contribution in [3.63, 3.8) is 0 Å². The van der Waals surface area contributed by atoms with Gasteiger partial charge in [-0.15, -0.1) is 11.6 Å². The second kappa shape index (κ2) is 7.91. The number of alkyl halides is 1. The van der Waals surface area contributed by atoms with Gasteiger partial charge in [-0.3, -0.25) is 29.4 Å². The molecule has 4 rings (SSSR count). The molecule has 2 aromatic carbocycles. The number of amides is 4. The first-order valence-electron chi connectivity index (χ1n) is 9.63. The molecule has 1 unspecified atom stereocenters. The van der Waals surface area contributed by atoms with E-state index in [1.54, 1.807) is 18.2 Å². The second-order valence-electron chi connectivity index (χ2n) is 7.42. The predicted molar refractivity (Wildman–Crippen MR) is 111 cm³/mol. The number of nitrogens with zero attached hydrogens (tertiary/aromatic N) is 1. The van der Waals surface area contributed by atoms with Gasteiger partial charge in [0.05, 0.1) is 11.1 Å². The maximum absolute atomic E-state index is 13.1. The highest BCUT2D eigenvalue weighted by molar-refractivity contribution is 6.25. The number of fused-ring (bicyclic) bond motifs is 1. The van der Waals surface area contributed by atoms with Crippen molar-refractivity contribution in [2.75, 3.05) is 5.32 Å². The third-order valence-corrected chi connectivity index (χ3v) is 5.81. The summed E-state index contributed by atoms with van der Waals surface area (Å²) in [6.45, 7) is 2.45. The minimum atomic E-state index is -0.978. The van der Waals surface area contributed by atoms with E-state index in [1.807, 2.05) is 25.1 Å². The largest absolute Gasteiger partial charge is 0.380 e. The Morgan fingerprint density at radius 2 is 1.93 bits per heavy atom. The summed E-state index contributed by atoms with van der Waals surface area (Å²) in [6, 6.07) is 9.97. The molecular weight excluding hydrogens is 406 g/mol. The highest BCUT2D eigenvalue weighted by atomic mass is 35.5. The van der Waals surface area contributed by atoms with E-state index in [4.69, 9.17) is 11.6 Å². The van der Waals surface area contributed by atoms with Gasteiger partial charge in [0.25, 0.3) is 11.8 Å². The Kier molecular flexibility index (Phi) is 5.30. The highest BCUT2D eigenvalue weighted by Gasteiger charge is 2.45. The van der Waals surface area contributed by atoms with E-state index < -0.39 is 29.7 Å². The van der Waals surface area contributed by atoms with Gasteiger partial charge in [0.1, 0.15) is 6.04 Å². The van der Waals surface area contributed by atoms with Crippen LogP contribution in [-0.4, -0.2) is 34.6 Å². The number of hydrogen-bond donors (Lipinski definition) is 2. The molecule has 0 radical (unpaired) electrons. The van der Waals surface area contributed by atoms with E-state index in [0.29, 0.717) is 18.1 Å². The van der Waals surface area contributed by atoms with Crippen molar-refractivity contribution in [3.05, 3.63) is 64.2 Å². The lowest BCUT2D eigenvalue weighted by atomic mass is 10.0. The lowest BCUT2D eigenvalue weighted by Crippen LogP contribution is -2.54. The number of anilines is 1. The summed E-state index contributed by atoms with van der Waals surface area (Å²) in [5.41, 5.74) is 4.17. The molecule has 1 saturated heterocycles. The first-order chi connectivity index (χ1) is 14.4. The summed E-state index contributed by atoms with van der Waals surface area (Å²) >= 11 is 5.88. The predicted octanol–water partition coefficient (Wildman–Crippen LogP) is 2.75. The molecule has 2 heterocycles. The maximum atomic E-state index is 13.1.